The molecule has 2 aliphatic heterocycles. The van der Waals surface area contributed by atoms with Gasteiger partial charge in [-0.05, 0) is 29.5 Å². The average molecular weight is 285 g/mol. The molecule has 1 unspecified atom stereocenters. The van der Waals surface area contributed by atoms with Gasteiger partial charge in [-0.15, -0.1) is 0 Å². The predicted octanol–water partition coefficient (Wildman–Crippen LogP) is 2.25. The Bertz CT molecular complexity index is 524. The molecule has 0 radical (unpaired) electrons. The van der Waals surface area contributed by atoms with Crippen molar-refractivity contribution in [1.82, 2.24) is 4.90 Å². The van der Waals surface area contributed by atoms with Crippen molar-refractivity contribution in [2.24, 2.45) is 0 Å². The van der Waals surface area contributed by atoms with Crippen LogP contribution in [0.25, 0.3) is 0 Å². The zero-order valence-corrected chi connectivity index (χ0v) is 10.9. The van der Waals surface area contributed by atoms with Crippen LogP contribution in [0.4, 0.5) is 16.2 Å². The van der Waals surface area contributed by atoms with Gasteiger partial charge in [-0.3, -0.25) is 13.8 Å². The highest BCUT2D eigenvalue weighted by atomic mass is 32.3. The predicted molar refractivity (Wildman–Crippen MR) is 73.4 cm³/mol. The van der Waals surface area contributed by atoms with Crippen LogP contribution in [0.5, 0.6) is 0 Å². The first-order valence-corrected chi connectivity index (χ1v) is 7.41. The van der Waals surface area contributed by atoms with Crippen molar-refractivity contribution in [3.05, 3.63) is 24.3 Å². The van der Waals surface area contributed by atoms with Crippen molar-refractivity contribution in [1.29, 1.82) is 0 Å². The monoisotopic (exact) mass is 285 g/mol. The van der Waals surface area contributed by atoms with E-state index >= 15 is 0 Å². The fourth-order valence-corrected chi connectivity index (χ4v) is 4.18. The van der Waals surface area contributed by atoms with E-state index in [0.29, 0.717) is 24.3 Å². The Kier molecular flexibility index (Phi) is 2.73. The summed E-state index contributed by atoms with van der Waals surface area (Å²) in [7, 11) is -3.12. The van der Waals surface area contributed by atoms with Crippen LogP contribution in [0, 0.1) is 0 Å². The van der Waals surface area contributed by atoms with Crippen LogP contribution in [0.2, 0.25) is 0 Å². The Morgan fingerprint density at radius 2 is 2.11 bits per heavy atom. The molecule has 1 aromatic rings. The maximum Gasteiger partial charge on any atom is 0.407 e. The molecule has 0 saturated carbocycles. The van der Waals surface area contributed by atoms with Gasteiger partial charge in [0.15, 0.2) is 0 Å². The summed E-state index contributed by atoms with van der Waals surface area (Å²) in [6, 6.07) is 6.97. The van der Waals surface area contributed by atoms with Gasteiger partial charge in [-0.2, -0.15) is 0 Å². The largest absolute Gasteiger partial charge is 0.465 e. The van der Waals surface area contributed by atoms with E-state index in [4.69, 9.17) is 5.11 Å². The third kappa shape index (κ3) is 1.97. The molecule has 0 spiro atoms. The summed E-state index contributed by atoms with van der Waals surface area (Å²) in [5.74, 6) is 0. The minimum Gasteiger partial charge on any atom is -0.465 e. The first kappa shape index (κ1) is 12.4. The molecular weight excluding hydrogens is 270 g/mol. The second kappa shape index (κ2) is 4.19. The summed E-state index contributed by atoms with van der Waals surface area (Å²) in [4.78, 5) is 12.2. The molecule has 3 rings (SSSR count). The molecule has 1 fully saturated rings. The third-order valence-electron chi connectivity index (χ3n) is 3.43. The minimum atomic E-state index is -3.12. The van der Waals surface area contributed by atoms with Gasteiger partial charge in [-0.1, -0.05) is 12.1 Å². The molecule has 104 valence electrons. The van der Waals surface area contributed by atoms with Crippen LogP contribution in [0.15, 0.2) is 24.3 Å². The highest BCUT2D eigenvalue weighted by Gasteiger charge is 2.41. The van der Waals surface area contributed by atoms with E-state index in [1.807, 2.05) is 12.1 Å². The van der Waals surface area contributed by atoms with Crippen molar-refractivity contribution in [3.63, 3.8) is 0 Å². The Labute approximate surface area is 112 Å². The standard InChI is InChI=1S/C11H15N3O4S/c15-11(16)13-6-5-8(7-13)14-10-4-2-1-3-9(10)12-19(14,17)18/h1-4,8,12,17-18H,5-7H2,(H,15,16). The molecule has 1 amide bonds. The zero-order valence-electron chi connectivity index (χ0n) is 10.1. The first-order valence-electron chi connectivity index (χ1n) is 5.91. The molecular formula is C11H15N3O4S. The van der Waals surface area contributed by atoms with E-state index in [0.717, 1.165) is 0 Å². The number of carboxylic acid groups (broad SMARTS) is 1. The lowest BCUT2D eigenvalue weighted by atomic mass is 10.2. The number of fused-ring (bicyclic) bond motifs is 1. The van der Waals surface area contributed by atoms with Crippen LogP contribution in [-0.4, -0.2) is 44.3 Å². The maximum atomic E-state index is 10.9. The number of hydrogen-bond acceptors (Lipinski definition) is 5. The van der Waals surface area contributed by atoms with E-state index in [2.05, 4.69) is 4.72 Å². The number of hydrogen-bond donors (Lipinski definition) is 4. The quantitative estimate of drug-likeness (QED) is 0.632. The van der Waals surface area contributed by atoms with Gasteiger partial charge in [0.1, 0.15) is 0 Å². The topological polar surface area (TPSA) is 96.3 Å². The Morgan fingerprint density at radius 3 is 2.79 bits per heavy atom. The van der Waals surface area contributed by atoms with Crippen molar-refractivity contribution in [2.75, 3.05) is 22.1 Å². The average Bonchev–Trinajstić information content (AvgIpc) is 2.88. The smallest absolute Gasteiger partial charge is 0.407 e. The lowest BCUT2D eigenvalue weighted by molar-refractivity contribution is 0.155. The summed E-state index contributed by atoms with van der Waals surface area (Å²) < 4.78 is 24.5. The Balaban J connectivity index is 1.90. The van der Waals surface area contributed by atoms with Crippen LogP contribution in [0.1, 0.15) is 6.42 Å². The molecule has 0 aromatic heterocycles. The molecule has 8 heteroatoms. The number of benzene rings is 1. The maximum absolute atomic E-state index is 10.9. The van der Waals surface area contributed by atoms with Crippen molar-refractivity contribution in [3.8, 4) is 0 Å². The zero-order chi connectivity index (χ0) is 13.6. The van der Waals surface area contributed by atoms with E-state index in [9.17, 15) is 13.9 Å². The molecule has 2 aliphatic rings. The van der Waals surface area contributed by atoms with Gasteiger partial charge in [0.25, 0.3) is 0 Å². The fourth-order valence-electron chi connectivity index (χ4n) is 2.60. The van der Waals surface area contributed by atoms with Crippen LogP contribution >= 0.6 is 11.0 Å². The van der Waals surface area contributed by atoms with Crippen molar-refractivity contribution < 1.29 is 19.0 Å². The summed E-state index contributed by atoms with van der Waals surface area (Å²) in [5.41, 5.74) is 1.37. The highest BCUT2D eigenvalue weighted by molar-refractivity contribution is 8.26. The molecule has 4 N–H and O–H groups in total. The van der Waals surface area contributed by atoms with Gasteiger partial charge in [-0.25, -0.2) is 9.10 Å². The fraction of sp³-hybridized carbons (Fsp3) is 0.364. The van der Waals surface area contributed by atoms with Crippen LogP contribution in [-0.2, 0) is 0 Å². The summed E-state index contributed by atoms with van der Waals surface area (Å²) >= 11 is 0. The van der Waals surface area contributed by atoms with Gasteiger partial charge < -0.3 is 10.0 Å². The SMILES string of the molecule is O=C(O)N1CCC(N2c3ccccc3NS2(O)O)C1. The normalized spacial score (nSPS) is 25.9. The second-order valence-corrected chi connectivity index (χ2v) is 6.27. The first-order chi connectivity index (χ1) is 8.99. The Hall–Kier alpha value is -1.64. The lowest BCUT2D eigenvalue weighted by Crippen LogP contribution is -2.39. The van der Waals surface area contributed by atoms with Crippen LogP contribution < -0.4 is 9.03 Å². The summed E-state index contributed by atoms with van der Waals surface area (Å²) in [6.07, 6.45) is -0.391. The lowest BCUT2D eigenvalue weighted by Gasteiger charge is -2.40. The molecule has 0 bridgehead atoms. The minimum absolute atomic E-state index is 0.225. The third-order valence-corrected chi connectivity index (χ3v) is 4.97. The number of nitrogens with one attached hydrogen (secondary N) is 1. The number of carbonyl (C=O) groups is 1. The van der Waals surface area contributed by atoms with E-state index < -0.39 is 17.1 Å². The molecule has 2 heterocycles. The van der Waals surface area contributed by atoms with E-state index in [1.54, 1.807) is 12.1 Å². The van der Waals surface area contributed by atoms with E-state index in [-0.39, 0.29) is 12.6 Å². The molecule has 1 saturated heterocycles. The van der Waals surface area contributed by atoms with Gasteiger partial charge in [0, 0.05) is 13.1 Å². The molecule has 0 aliphatic carbocycles. The van der Waals surface area contributed by atoms with E-state index in [1.165, 1.54) is 9.21 Å². The van der Waals surface area contributed by atoms with Gasteiger partial charge >= 0.3 is 6.09 Å². The number of nitrogens with zero attached hydrogens (tertiary/aromatic N) is 2. The summed E-state index contributed by atoms with van der Waals surface area (Å²) in [6.45, 7) is 0.690. The number of para-hydroxylation sites is 2. The van der Waals surface area contributed by atoms with Gasteiger partial charge in [0.05, 0.1) is 17.4 Å². The summed E-state index contributed by atoms with van der Waals surface area (Å²) in [5, 5.41) is 8.97. The number of likely N-dealkylation sites (tertiary alicyclic amines) is 1. The molecule has 7 nitrogen and oxygen atoms in total. The molecule has 1 aromatic carbocycles. The van der Waals surface area contributed by atoms with Gasteiger partial charge in [0.2, 0.25) is 0 Å². The second-order valence-electron chi connectivity index (χ2n) is 4.63. The number of rotatable bonds is 1. The highest BCUT2D eigenvalue weighted by Crippen LogP contribution is 2.57. The van der Waals surface area contributed by atoms with Crippen molar-refractivity contribution in [2.45, 2.75) is 12.5 Å². The Morgan fingerprint density at radius 1 is 1.37 bits per heavy atom. The molecule has 19 heavy (non-hydrogen) atoms. The number of anilines is 2. The number of amides is 1. The van der Waals surface area contributed by atoms with Crippen molar-refractivity contribution >= 4 is 28.4 Å². The molecule has 1 atom stereocenters. The van der Waals surface area contributed by atoms with Crippen LogP contribution in [0.3, 0.4) is 0 Å².